The zero-order valence-corrected chi connectivity index (χ0v) is 8.44. The van der Waals surface area contributed by atoms with Gasteiger partial charge in [0.25, 0.3) is 0 Å². The fraction of sp³-hybridized carbons (Fsp3) is 0.700. The highest BCUT2D eigenvalue weighted by Gasteiger charge is 1.97. The highest BCUT2D eigenvalue weighted by atomic mass is 16.1. The van der Waals surface area contributed by atoms with Crippen molar-refractivity contribution in [1.82, 2.24) is 10.6 Å². The summed E-state index contributed by atoms with van der Waals surface area (Å²) >= 11 is 0. The molecule has 74 valence electrons. The van der Waals surface area contributed by atoms with Gasteiger partial charge in [0.15, 0.2) is 0 Å². The summed E-state index contributed by atoms with van der Waals surface area (Å²) < 4.78 is 0. The molecule has 0 atom stereocenters. The van der Waals surface area contributed by atoms with E-state index in [0.29, 0.717) is 19.5 Å². The Kier molecular flexibility index (Phi) is 8.38. The summed E-state index contributed by atoms with van der Waals surface area (Å²) in [4.78, 5) is 11.0. The van der Waals surface area contributed by atoms with Gasteiger partial charge < -0.3 is 10.6 Å². The van der Waals surface area contributed by atoms with Crippen molar-refractivity contribution in [2.24, 2.45) is 0 Å². The smallest absolute Gasteiger partial charge is 0.221 e. The van der Waals surface area contributed by atoms with Gasteiger partial charge in [-0.2, -0.15) is 0 Å². The van der Waals surface area contributed by atoms with Gasteiger partial charge in [-0.1, -0.05) is 12.8 Å². The molecule has 0 radical (unpaired) electrons. The molecule has 0 aliphatic carbocycles. The van der Waals surface area contributed by atoms with Crippen molar-refractivity contribution >= 4 is 5.91 Å². The Hall–Kier alpha value is -1.01. The summed E-state index contributed by atoms with van der Waals surface area (Å²) in [5.41, 5.74) is 0. The first kappa shape index (κ1) is 12.0. The van der Waals surface area contributed by atoms with E-state index in [4.69, 9.17) is 0 Å². The molecule has 0 fully saturated rings. The van der Waals surface area contributed by atoms with E-state index < -0.39 is 0 Å². The number of carbonyl (C=O) groups is 1. The van der Waals surface area contributed by atoms with Crippen molar-refractivity contribution < 1.29 is 4.79 Å². The Morgan fingerprint density at radius 1 is 1.38 bits per heavy atom. The van der Waals surface area contributed by atoms with E-state index in [0.717, 1.165) is 13.0 Å². The second-order valence-corrected chi connectivity index (χ2v) is 2.70. The second kappa shape index (κ2) is 9.08. The highest BCUT2D eigenvalue weighted by Crippen LogP contribution is 1.78. The van der Waals surface area contributed by atoms with Crippen LogP contribution in [0.15, 0.2) is 0 Å². The molecule has 0 heterocycles. The van der Waals surface area contributed by atoms with Crippen LogP contribution in [0.3, 0.4) is 0 Å². The van der Waals surface area contributed by atoms with Crippen LogP contribution in [0.5, 0.6) is 0 Å². The molecule has 0 aromatic carbocycles. The molecule has 0 rings (SSSR count). The first-order valence-electron chi connectivity index (χ1n) is 4.68. The summed E-state index contributed by atoms with van der Waals surface area (Å²) in [7, 11) is 0. The molecule has 0 spiro atoms. The van der Waals surface area contributed by atoms with Crippen molar-refractivity contribution in [3.05, 3.63) is 0 Å². The zero-order chi connectivity index (χ0) is 9.94. The molecule has 0 aliphatic rings. The van der Waals surface area contributed by atoms with Crippen molar-refractivity contribution in [2.75, 3.05) is 19.6 Å². The van der Waals surface area contributed by atoms with Crippen LogP contribution in [0, 0.1) is 11.8 Å². The summed E-state index contributed by atoms with van der Waals surface area (Å²) in [6.45, 7) is 5.97. The van der Waals surface area contributed by atoms with E-state index in [1.54, 1.807) is 6.92 Å². The minimum absolute atomic E-state index is 0.110. The van der Waals surface area contributed by atoms with Gasteiger partial charge in [-0.05, 0) is 13.3 Å². The molecule has 0 aromatic rings. The van der Waals surface area contributed by atoms with E-state index in [1.165, 1.54) is 0 Å². The number of hydrogen-bond donors (Lipinski definition) is 2. The van der Waals surface area contributed by atoms with Crippen molar-refractivity contribution in [3.8, 4) is 11.8 Å². The summed E-state index contributed by atoms with van der Waals surface area (Å²) in [5.74, 6) is 5.76. The average molecular weight is 182 g/mol. The van der Waals surface area contributed by atoms with Crippen LogP contribution in [0.2, 0.25) is 0 Å². The fourth-order valence-corrected chi connectivity index (χ4v) is 0.794. The lowest BCUT2D eigenvalue weighted by Gasteiger charge is -2.02. The third kappa shape index (κ3) is 8.90. The third-order valence-electron chi connectivity index (χ3n) is 1.49. The Morgan fingerprint density at radius 2 is 2.15 bits per heavy atom. The minimum Gasteiger partial charge on any atom is -0.356 e. The van der Waals surface area contributed by atoms with Crippen LogP contribution in [0.4, 0.5) is 0 Å². The summed E-state index contributed by atoms with van der Waals surface area (Å²) in [6.07, 6.45) is 1.52. The van der Waals surface area contributed by atoms with Gasteiger partial charge >= 0.3 is 0 Å². The Morgan fingerprint density at radius 3 is 2.77 bits per heavy atom. The quantitative estimate of drug-likeness (QED) is 0.464. The van der Waals surface area contributed by atoms with Crippen LogP contribution in [-0.4, -0.2) is 25.5 Å². The molecule has 3 nitrogen and oxygen atoms in total. The standard InChI is InChI=1S/C10H18N2O/c1-3-5-8-11-9-6-10(13)12-7-4-2/h11H,4,6-9H2,1-2H3,(H,12,13). The first-order chi connectivity index (χ1) is 6.31. The lowest BCUT2D eigenvalue weighted by atomic mass is 10.3. The van der Waals surface area contributed by atoms with E-state index in [9.17, 15) is 4.79 Å². The third-order valence-corrected chi connectivity index (χ3v) is 1.49. The predicted molar refractivity (Wildman–Crippen MR) is 54.2 cm³/mol. The molecular weight excluding hydrogens is 164 g/mol. The minimum atomic E-state index is 0.110. The number of amides is 1. The second-order valence-electron chi connectivity index (χ2n) is 2.70. The maximum absolute atomic E-state index is 11.0. The molecule has 2 N–H and O–H groups in total. The number of hydrogen-bond acceptors (Lipinski definition) is 2. The molecule has 1 amide bonds. The van der Waals surface area contributed by atoms with Crippen LogP contribution in [0.1, 0.15) is 26.7 Å². The zero-order valence-electron chi connectivity index (χ0n) is 8.44. The van der Waals surface area contributed by atoms with Crippen LogP contribution >= 0.6 is 0 Å². The van der Waals surface area contributed by atoms with Gasteiger partial charge in [0.1, 0.15) is 0 Å². The van der Waals surface area contributed by atoms with Crippen molar-refractivity contribution in [1.29, 1.82) is 0 Å². The van der Waals surface area contributed by atoms with Gasteiger partial charge in [-0.3, -0.25) is 4.79 Å². The molecule has 0 saturated heterocycles. The number of nitrogens with one attached hydrogen (secondary N) is 2. The van der Waals surface area contributed by atoms with E-state index in [-0.39, 0.29) is 5.91 Å². The maximum Gasteiger partial charge on any atom is 0.221 e. The number of rotatable bonds is 6. The average Bonchev–Trinajstić information content (AvgIpc) is 2.14. The molecule has 0 bridgehead atoms. The van der Waals surface area contributed by atoms with E-state index in [1.807, 2.05) is 6.92 Å². The largest absolute Gasteiger partial charge is 0.356 e. The SMILES string of the molecule is CC#CCNCCC(=O)NCCC. The Labute approximate surface area is 80.3 Å². The molecule has 13 heavy (non-hydrogen) atoms. The number of carbonyl (C=O) groups excluding carboxylic acids is 1. The van der Waals surface area contributed by atoms with E-state index >= 15 is 0 Å². The lowest BCUT2D eigenvalue weighted by molar-refractivity contribution is -0.120. The Bertz CT molecular complexity index is 191. The topological polar surface area (TPSA) is 41.1 Å². The van der Waals surface area contributed by atoms with Crippen molar-refractivity contribution in [3.63, 3.8) is 0 Å². The van der Waals surface area contributed by atoms with Gasteiger partial charge in [-0.25, -0.2) is 0 Å². The van der Waals surface area contributed by atoms with Gasteiger partial charge in [-0.15, -0.1) is 5.92 Å². The maximum atomic E-state index is 11.0. The fourth-order valence-electron chi connectivity index (χ4n) is 0.794. The van der Waals surface area contributed by atoms with Crippen LogP contribution < -0.4 is 10.6 Å². The summed E-state index contributed by atoms with van der Waals surface area (Å²) in [5, 5.41) is 5.87. The highest BCUT2D eigenvalue weighted by molar-refractivity contribution is 5.75. The molecule has 0 aliphatic heterocycles. The lowest BCUT2D eigenvalue weighted by Crippen LogP contribution is -2.28. The van der Waals surface area contributed by atoms with Crippen molar-refractivity contribution in [2.45, 2.75) is 26.7 Å². The molecular formula is C10H18N2O. The van der Waals surface area contributed by atoms with Gasteiger partial charge in [0.05, 0.1) is 6.54 Å². The summed E-state index contributed by atoms with van der Waals surface area (Å²) in [6, 6.07) is 0. The molecule has 0 unspecified atom stereocenters. The normalized spacial score (nSPS) is 8.77. The molecule has 0 aromatic heterocycles. The van der Waals surface area contributed by atoms with Crippen LogP contribution in [0.25, 0.3) is 0 Å². The van der Waals surface area contributed by atoms with Gasteiger partial charge in [0.2, 0.25) is 5.91 Å². The van der Waals surface area contributed by atoms with Gasteiger partial charge in [0, 0.05) is 19.5 Å². The predicted octanol–water partition coefficient (Wildman–Crippen LogP) is 0.516. The molecule has 0 saturated carbocycles. The molecule has 3 heteroatoms. The van der Waals surface area contributed by atoms with Crippen LogP contribution in [-0.2, 0) is 4.79 Å². The Balaban J connectivity index is 3.20. The first-order valence-corrected chi connectivity index (χ1v) is 4.68. The monoisotopic (exact) mass is 182 g/mol. The van der Waals surface area contributed by atoms with E-state index in [2.05, 4.69) is 22.5 Å².